The minimum absolute atomic E-state index is 0.349. The van der Waals surface area contributed by atoms with Gasteiger partial charge in [0, 0.05) is 0 Å². The molecule has 0 saturated heterocycles. The zero-order chi connectivity index (χ0) is 12.8. The quantitative estimate of drug-likeness (QED) is 0.845. The maximum atomic E-state index is 11.7. The number of halogens is 1. The van der Waals surface area contributed by atoms with Gasteiger partial charge in [-0.25, -0.2) is 4.79 Å². The number of carbonyl (C=O) groups is 2. The second-order valence-electron chi connectivity index (χ2n) is 3.24. The highest BCUT2D eigenvalue weighted by molar-refractivity contribution is 7.98. The van der Waals surface area contributed by atoms with Crippen LogP contribution < -0.4 is 5.32 Å². The van der Waals surface area contributed by atoms with E-state index in [-0.39, 0.29) is 0 Å². The molecule has 7 heteroatoms. The van der Waals surface area contributed by atoms with Gasteiger partial charge < -0.3 is 10.4 Å². The standard InChI is InChI=1S/C10H12ClNO3S2/c1-16-4-3-7(10(14)15)12-9(13)8-6(11)2-5-17-8/h2,5,7H,3-4H2,1H3,(H,12,13)(H,14,15)/t7-/m0/s1. The Kier molecular flexibility index (Phi) is 5.80. The molecule has 17 heavy (non-hydrogen) atoms. The number of carboxylic acid groups (broad SMARTS) is 1. The van der Waals surface area contributed by atoms with E-state index in [1.165, 1.54) is 23.1 Å². The van der Waals surface area contributed by atoms with Crippen molar-refractivity contribution in [2.45, 2.75) is 12.5 Å². The minimum atomic E-state index is -1.03. The van der Waals surface area contributed by atoms with E-state index in [9.17, 15) is 9.59 Å². The third-order valence-corrected chi connectivity index (χ3v) is 4.02. The van der Waals surface area contributed by atoms with Gasteiger partial charge in [-0.1, -0.05) is 11.6 Å². The van der Waals surface area contributed by atoms with Gasteiger partial charge in [0.2, 0.25) is 0 Å². The van der Waals surface area contributed by atoms with Gasteiger partial charge in [-0.3, -0.25) is 4.79 Å². The Morgan fingerprint density at radius 3 is 2.82 bits per heavy atom. The molecule has 0 aliphatic heterocycles. The van der Waals surface area contributed by atoms with Crippen LogP contribution in [0.2, 0.25) is 5.02 Å². The van der Waals surface area contributed by atoms with Crippen LogP contribution in [0.4, 0.5) is 0 Å². The molecular formula is C10H12ClNO3S2. The summed E-state index contributed by atoms with van der Waals surface area (Å²) in [6.45, 7) is 0. The molecule has 0 aromatic carbocycles. The lowest BCUT2D eigenvalue weighted by Gasteiger charge is -2.13. The van der Waals surface area contributed by atoms with Crippen molar-refractivity contribution in [3.05, 3.63) is 21.3 Å². The summed E-state index contributed by atoms with van der Waals surface area (Å²) in [4.78, 5) is 23.0. The number of thiophene rings is 1. The number of hydrogen-bond acceptors (Lipinski definition) is 4. The molecule has 0 spiro atoms. The largest absolute Gasteiger partial charge is 0.480 e. The van der Waals surface area contributed by atoms with E-state index in [2.05, 4.69) is 5.32 Å². The van der Waals surface area contributed by atoms with E-state index in [1.807, 2.05) is 6.26 Å². The molecule has 0 saturated carbocycles. The van der Waals surface area contributed by atoms with Crippen LogP contribution >= 0.6 is 34.7 Å². The zero-order valence-corrected chi connectivity index (χ0v) is 11.5. The first-order chi connectivity index (χ1) is 8.06. The van der Waals surface area contributed by atoms with Crippen molar-refractivity contribution in [3.8, 4) is 0 Å². The first-order valence-electron chi connectivity index (χ1n) is 4.82. The number of hydrogen-bond donors (Lipinski definition) is 2. The number of rotatable bonds is 6. The number of nitrogens with one attached hydrogen (secondary N) is 1. The molecule has 0 fully saturated rings. The van der Waals surface area contributed by atoms with Crippen LogP contribution in [-0.2, 0) is 4.79 Å². The molecule has 1 rings (SSSR count). The Morgan fingerprint density at radius 2 is 2.35 bits per heavy atom. The lowest BCUT2D eigenvalue weighted by Crippen LogP contribution is -2.41. The lowest BCUT2D eigenvalue weighted by atomic mass is 10.2. The van der Waals surface area contributed by atoms with E-state index in [0.29, 0.717) is 22.1 Å². The van der Waals surface area contributed by atoms with E-state index < -0.39 is 17.9 Å². The van der Waals surface area contributed by atoms with Crippen molar-refractivity contribution in [2.24, 2.45) is 0 Å². The minimum Gasteiger partial charge on any atom is -0.480 e. The average Bonchev–Trinajstić information content (AvgIpc) is 2.70. The molecule has 4 nitrogen and oxygen atoms in total. The van der Waals surface area contributed by atoms with E-state index in [1.54, 1.807) is 11.4 Å². The van der Waals surface area contributed by atoms with Crippen molar-refractivity contribution in [2.75, 3.05) is 12.0 Å². The van der Waals surface area contributed by atoms with Crippen LogP contribution in [0.5, 0.6) is 0 Å². The van der Waals surface area contributed by atoms with Crippen LogP contribution in [0.15, 0.2) is 11.4 Å². The van der Waals surface area contributed by atoms with Crippen LogP contribution in [0.1, 0.15) is 16.1 Å². The summed E-state index contributed by atoms with van der Waals surface area (Å²) in [6, 6.07) is 0.742. The highest BCUT2D eigenvalue weighted by atomic mass is 35.5. The van der Waals surface area contributed by atoms with Crippen molar-refractivity contribution in [3.63, 3.8) is 0 Å². The Labute approximate surface area is 112 Å². The number of aliphatic carboxylic acids is 1. The molecule has 94 valence electrons. The molecule has 1 atom stereocenters. The van der Waals surface area contributed by atoms with E-state index >= 15 is 0 Å². The smallest absolute Gasteiger partial charge is 0.326 e. The van der Waals surface area contributed by atoms with Crippen molar-refractivity contribution in [1.82, 2.24) is 5.32 Å². The maximum absolute atomic E-state index is 11.7. The van der Waals surface area contributed by atoms with Gasteiger partial charge in [0.25, 0.3) is 5.91 Å². The Morgan fingerprint density at radius 1 is 1.65 bits per heavy atom. The Hall–Kier alpha value is -0.720. The fraction of sp³-hybridized carbons (Fsp3) is 0.400. The molecule has 0 aliphatic rings. The lowest BCUT2D eigenvalue weighted by molar-refractivity contribution is -0.139. The predicted molar refractivity (Wildman–Crippen MR) is 71.2 cm³/mol. The van der Waals surface area contributed by atoms with Gasteiger partial charge in [-0.05, 0) is 29.9 Å². The van der Waals surface area contributed by atoms with E-state index in [0.717, 1.165) is 0 Å². The van der Waals surface area contributed by atoms with Crippen molar-refractivity contribution in [1.29, 1.82) is 0 Å². The van der Waals surface area contributed by atoms with Gasteiger partial charge >= 0.3 is 5.97 Å². The molecular weight excluding hydrogens is 282 g/mol. The van der Waals surface area contributed by atoms with Crippen LogP contribution in [0.3, 0.4) is 0 Å². The number of amides is 1. The first-order valence-corrected chi connectivity index (χ1v) is 7.47. The van der Waals surface area contributed by atoms with Gasteiger partial charge in [0.05, 0.1) is 5.02 Å². The second kappa shape index (κ2) is 6.88. The van der Waals surface area contributed by atoms with Gasteiger partial charge in [0.15, 0.2) is 0 Å². The second-order valence-corrected chi connectivity index (χ2v) is 5.55. The molecule has 1 amide bonds. The zero-order valence-electron chi connectivity index (χ0n) is 9.10. The third kappa shape index (κ3) is 4.22. The Bertz CT molecular complexity index is 408. The molecule has 1 aromatic heterocycles. The number of thioether (sulfide) groups is 1. The average molecular weight is 294 g/mol. The fourth-order valence-electron chi connectivity index (χ4n) is 1.17. The van der Waals surface area contributed by atoms with Crippen molar-refractivity contribution < 1.29 is 14.7 Å². The third-order valence-electron chi connectivity index (χ3n) is 2.04. The molecule has 0 unspecified atom stereocenters. The Balaban J connectivity index is 2.64. The van der Waals surface area contributed by atoms with Gasteiger partial charge in [-0.2, -0.15) is 11.8 Å². The predicted octanol–water partition coefficient (Wildman–Crippen LogP) is 2.34. The summed E-state index contributed by atoms with van der Waals surface area (Å²) >= 11 is 8.53. The summed E-state index contributed by atoms with van der Waals surface area (Å²) < 4.78 is 0. The van der Waals surface area contributed by atoms with Crippen molar-refractivity contribution >= 4 is 46.6 Å². The summed E-state index contributed by atoms with van der Waals surface area (Å²) in [5, 5.41) is 13.5. The molecule has 1 aromatic rings. The SMILES string of the molecule is CSCC[C@H](NC(=O)c1sccc1Cl)C(=O)O. The molecule has 0 radical (unpaired) electrons. The normalized spacial score (nSPS) is 12.1. The van der Waals surface area contributed by atoms with E-state index in [4.69, 9.17) is 16.7 Å². The van der Waals surface area contributed by atoms with Gasteiger partial charge in [0.1, 0.15) is 10.9 Å². The van der Waals surface area contributed by atoms with Crippen LogP contribution in [-0.4, -0.2) is 35.0 Å². The fourth-order valence-corrected chi connectivity index (χ4v) is 2.69. The molecule has 0 bridgehead atoms. The monoisotopic (exact) mass is 293 g/mol. The topological polar surface area (TPSA) is 66.4 Å². The molecule has 1 heterocycles. The highest BCUT2D eigenvalue weighted by Gasteiger charge is 2.21. The summed E-state index contributed by atoms with van der Waals surface area (Å²) in [7, 11) is 0. The van der Waals surface area contributed by atoms with Crippen LogP contribution in [0.25, 0.3) is 0 Å². The highest BCUT2D eigenvalue weighted by Crippen LogP contribution is 2.21. The summed E-state index contributed by atoms with van der Waals surface area (Å²) in [6.07, 6.45) is 2.28. The molecule has 0 aliphatic carbocycles. The number of carbonyl (C=O) groups excluding carboxylic acids is 1. The summed E-state index contributed by atoms with van der Waals surface area (Å²) in [5.41, 5.74) is 0. The number of carboxylic acids is 1. The molecule has 2 N–H and O–H groups in total. The maximum Gasteiger partial charge on any atom is 0.326 e. The van der Waals surface area contributed by atoms with Gasteiger partial charge in [-0.15, -0.1) is 11.3 Å². The first kappa shape index (κ1) is 14.3. The summed E-state index contributed by atoms with van der Waals surface area (Å²) in [5.74, 6) is -0.784. The van der Waals surface area contributed by atoms with Crippen LogP contribution in [0, 0.1) is 0 Å².